The van der Waals surface area contributed by atoms with Crippen molar-refractivity contribution in [3.63, 3.8) is 0 Å². The predicted molar refractivity (Wildman–Crippen MR) is 137 cm³/mol. The third-order valence-corrected chi connectivity index (χ3v) is 6.67. The summed E-state index contributed by atoms with van der Waals surface area (Å²) in [6.07, 6.45) is 3.34. The number of fused-ring (bicyclic) bond motifs is 1. The number of amides is 1. The largest absolute Gasteiger partial charge is 0.452 e. The Morgan fingerprint density at radius 3 is 2.61 bits per heavy atom. The maximum atomic E-state index is 12.5. The van der Waals surface area contributed by atoms with Gasteiger partial charge >= 0.3 is 5.97 Å². The minimum atomic E-state index is -3.89. The van der Waals surface area contributed by atoms with Crippen LogP contribution in [-0.2, 0) is 19.6 Å². The molecule has 5 rings (SSSR count). The highest BCUT2D eigenvalue weighted by Crippen LogP contribution is 2.21. The smallest absolute Gasteiger partial charge is 0.338 e. The van der Waals surface area contributed by atoms with Gasteiger partial charge < -0.3 is 19.6 Å². The van der Waals surface area contributed by atoms with Gasteiger partial charge in [-0.3, -0.25) is 14.5 Å². The minimum absolute atomic E-state index is 0.0385. The van der Waals surface area contributed by atoms with Crippen LogP contribution in [0, 0.1) is 6.92 Å². The fraction of sp³-hybridized carbons (Fsp3) is 0.0800. The van der Waals surface area contributed by atoms with Crippen molar-refractivity contribution in [2.24, 2.45) is 0 Å². The van der Waals surface area contributed by atoms with Crippen LogP contribution >= 0.6 is 0 Å². The second-order valence-electron chi connectivity index (χ2n) is 8.14. The molecule has 0 bridgehead atoms. The number of hydrogen-bond acceptors (Lipinski definition) is 9. The Bertz CT molecular complexity index is 1730. The summed E-state index contributed by atoms with van der Waals surface area (Å²) in [5.41, 5.74) is 2.66. The number of aryl methyl sites for hydroxylation is 1. The third-order valence-electron chi connectivity index (χ3n) is 5.30. The number of imidazole rings is 1. The van der Waals surface area contributed by atoms with Gasteiger partial charge in [-0.25, -0.2) is 18.2 Å². The van der Waals surface area contributed by atoms with Gasteiger partial charge in [-0.2, -0.15) is 0 Å². The molecule has 5 aromatic rings. The highest BCUT2D eigenvalue weighted by molar-refractivity contribution is 7.92. The lowest BCUT2D eigenvalue weighted by atomic mass is 10.2. The maximum absolute atomic E-state index is 12.5. The number of H-pyrrole nitrogens is 1. The summed E-state index contributed by atoms with van der Waals surface area (Å²) >= 11 is 0. The van der Waals surface area contributed by atoms with E-state index in [-0.39, 0.29) is 16.3 Å². The van der Waals surface area contributed by atoms with E-state index in [0.29, 0.717) is 28.3 Å². The first-order valence-electron chi connectivity index (χ1n) is 11.2. The first kappa shape index (κ1) is 24.6. The Balaban J connectivity index is 1.17. The number of rotatable bonds is 8. The molecular weight excluding hydrogens is 512 g/mol. The van der Waals surface area contributed by atoms with Gasteiger partial charge in [-0.1, -0.05) is 5.16 Å². The monoisotopic (exact) mass is 532 g/mol. The number of esters is 1. The van der Waals surface area contributed by atoms with E-state index >= 15 is 0 Å². The molecule has 0 saturated heterocycles. The van der Waals surface area contributed by atoms with Crippen molar-refractivity contribution >= 4 is 44.4 Å². The number of carbonyl (C=O) groups excluding carboxylic acids is 2. The van der Waals surface area contributed by atoms with Crippen molar-refractivity contribution < 1.29 is 27.3 Å². The zero-order chi connectivity index (χ0) is 26.7. The fourth-order valence-corrected chi connectivity index (χ4v) is 4.50. The van der Waals surface area contributed by atoms with E-state index < -0.39 is 28.5 Å². The number of aromatic nitrogens is 4. The van der Waals surface area contributed by atoms with E-state index in [1.807, 2.05) is 6.07 Å². The Labute approximate surface area is 216 Å². The molecule has 3 aromatic heterocycles. The van der Waals surface area contributed by atoms with Crippen LogP contribution in [0.1, 0.15) is 16.1 Å². The molecule has 0 fully saturated rings. The first-order valence-corrected chi connectivity index (χ1v) is 12.7. The molecule has 12 nitrogen and oxygen atoms in total. The van der Waals surface area contributed by atoms with E-state index in [0.717, 1.165) is 5.56 Å². The molecule has 1 amide bonds. The van der Waals surface area contributed by atoms with Gasteiger partial charge in [-0.15, -0.1) is 0 Å². The number of aromatic amines is 1. The van der Waals surface area contributed by atoms with Crippen LogP contribution in [0.2, 0.25) is 0 Å². The number of nitrogens with one attached hydrogen (secondary N) is 3. The summed E-state index contributed by atoms with van der Waals surface area (Å²) in [4.78, 5) is 36.4. The second kappa shape index (κ2) is 10.1. The second-order valence-corrected chi connectivity index (χ2v) is 9.82. The van der Waals surface area contributed by atoms with Crippen LogP contribution in [0.15, 0.2) is 82.5 Å². The van der Waals surface area contributed by atoms with Crippen LogP contribution in [0.25, 0.3) is 22.4 Å². The molecule has 3 heterocycles. The number of ether oxygens (including phenoxy) is 1. The summed E-state index contributed by atoms with van der Waals surface area (Å²) in [7, 11) is -3.89. The Morgan fingerprint density at radius 2 is 1.89 bits per heavy atom. The van der Waals surface area contributed by atoms with Gasteiger partial charge in [0, 0.05) is 29.7 Å². The Kier molecular flexibility index (Phi) is 6.58. The molecule has 13 heteroatoms. The van der Waals surface area contributed by atoms with Gasteiger partial charge in [-0.05, 0) is 61.5 Å². The van der Waals surface area contributed by atoms with Crippen LogP contribution in [0.3, 0.4) is 0 Å². The predicted octanol–water partition coefficient (Wildman–Crippen LogP) is 3.52. The molecule has 2 aromatic carbocycles. The molecule has 38 heavy (non-hydrogen) atoms. The number of carbonyl (C=O) groups is 2. The van der Waals surface area contributed by atoms with Crippen molar-refractivity contribution in [3.05, 3.63) is 84.4 Å². The highest BCUT2D eigenvalue weighted by Gasteiger charge is 2.17. The van der Waals surface area contributed by atoms with Crippen molar-refractivity contribution in [1.29, 1.82) is 0 Å². The number of nitrogens with zero attached hydrogens (tertiary/aromatic N) is 3. The molecule has 0 radical (unpaired) electrons. The summed E-state index contributed by atoms with van der Waals surface area (Å²) in [5.74, 6) is -0.150. The van der Waals surface area contributed by atoms with Crippen LogP contribution in [0.5, 0.6) is 0 Å². The lowest BCUT2D eigenvalue weighted by Gasteiger charge is -2.08. The molecule has 0 aliphatic rings. The normalized spacial score (nSPS) is 11.3. The van der Waals surface area contributed by atoms with Crippen molar-refractivity contribution in [2.75, 3.05) is 16.6 Å². The van der Waals surface area contributed by atoms with Crippen LogP contribution < -0.4 is 10.0 Å². The molecule has 0 saturated carbocycles. The van der Waals surface area contributed by atoms with E-state index in [9.17, 15) is 18.0 Å². The average molecular weight is 533 g/mol. The number of sulfonamides is 1. The van der Waals surface area contributed by atoms with Crippen molar-refractivity contribution in [3.8, 4) is 11.4 Å². The number of hydrogen-bond donors (Lipinski definition) is 3. The minimum Gasteiger partial charge on any atom is -0.452 e. The molecule has 0 spiro atoms. The maximum Gasteiger partial charge on any atom is 0.338 e. The molecule has 0 atom stereocenters. The van der Waals surface area contributed by atoms with Gasteiger partial charge in [0.05, 0.1) is 21.5 Å². The van der Waals surface area contributed by atoms with E-state index in [2.05, 4.69) is 30.1 Å². The van der Waals surface area contributed by atoms with E-state index in [4.69, 9.17) is 9.26 Å². The zero-order valence-corrected chi connectivity index (χ0v) is 20.7. The average Bonchev–Trinajstić information content (AvgIpc) is 3.53. The number of anilines is 2. The lowest BCUT2D eigenvalue weighted by Crippen LogP contribution is -2.21. The quantitative estimate of drug-likeness (QED) is 0.253. The zero-order valence-electron chi connectivity index (χ0n) is 19.8. The molecule has 0 aliphatic heterocycles. The standard InChI is InChI=1S/C25H20N6O6S/c1-15-11-22(30-37-15)31-38(34,35)19-7-5-18(6-8-19)27-23(32)14-36-25(33)16-4-9-20-21(12-16)29-24(28-20)17-3-2-10-26-13-17/h2-13H,14H2,1H3,(H,27,32)(H,28,29)(H,30,31). The SMILES string of the molecule is Cc1cc(NS(=O)(=O)c2ccc(NC(=O)COC(=O)c3ccc4nc(-c5cccnc5)[nH]c4c3)cc2)no1. The summed E-state index contributed by atoms with van der Waals surface area (Å²) in [6, 6.07) is 15.4. The molecule has 3 N–H and O–H groups in total. The fourth-order valence-electron chi connectivity index (χ4n) is 3.52. The van der Waals surface area contributed by atoms with Gasteiger partial charge in [0.1, 0.15) is 11.6 Å². The topological polar surface area (TPSA) is 169 Å². The molecule has 0 aliphatic carbocycles. The van der Waals surface area contributed by atoms with E-state index in [1.54, 1.807) is 43.6 Å². The number of benzene rings is 2. The summed E-state index contributed by atoms with van der Waals surface area (Å²) in [6.45, 7) is 1.10. The Morgan fingerprint density at radius 1 is 1.08 bits per heavy atom. The van der Waals surface area contributed by atoms with E-state index in [1.165, 1.54) is 30.3 Å². The number of pyridine rings is 1. The van der Waals surface area contributed by atoms with Crippen LogP contribution in [-0.4, -0.2) is 47.0 Å². The van der Waals surface area contributed by atoms with Crippen molar-refractivity contribution in [2.45, 2.75) is 11.8 Å². The molecular formula is C25H20N6O6S. The molecule has 0 unspecified atom stereocenters. The third kappa shape index (κ3) is 5.52. The van der Waals surface area contributed by atoms with Gasteiger partial charge in [0.15, 0.2) is 12.4 Å². The highest BCUT2D eigenvalue weighted by atomic mass is 32.2. The van der Waals surface area contributed by atoms with Crippen molar-refractivity contribution in [1.82, 2.24) is 20.1 Å². The Hall–Kier alpha value is -5.04. The van der Waals surface area contributed by atoms with Gasteiger partial charge in [0.2, 0.25) is 0 Å². The summed E-state index contributed by atoms with van der Waals surface area (Å²) in [5, 5.41) is 6.15. The van der Waals surface area contributed by atoms with Crippen LogP contribution in [0.4, 0.5) is 11.5 Å². The van der Waals surface area contributed by atoms with Gasteiger partial charge in [0.25, 0.3) is 15.9 Å². The summed E-state index contributed by atoms with van der Waals surface area (Å²) < 4.78 is 37.2. The first-order chi connectivity index (χ1) is 18.3. The molecule has 192 valence electrons. The lowest BCUT2D eigenvalue weighted by molar-refractivity contribution is -0.119.